The van der Waals surface area contributed by atoms with Gasteiger partial charge in [-0.25, -0.2) is 13.1 Å². The van der Waals surface area contributed by atoms with E-state index in [4.69, 9.17) is 15.6 Å². The average molecular weight is 316 g/mol. The summed E-state index contributed by atoms with van der Waals surface area (Å²) in [6.07, 6.45) is 1.85. The highest BCUT2D eigenvalue weighted by molar-refractivity contribution is 7.89. The minimum absolute atomic E-state index is 0.0322. The van der Waals surface area contributed by atoms with Crippen LogP contribution >= 0.6 is 0 Å². The molecule has 0 radical (unpaired) electrons. The lowest BCUT2D eigenvalue weighted by Crippen LogP contribution is -2.25. The third-order valence-electron chi connectivity index (χ3n) is 2.84. The van der Waals surface area contributed by atoms with Crippen molar-refractivity contribution < 1.29 is 23.1 Å². The van der Waals surface area contributed by atoms with E-state index in [0.29, 0.717) is 24.9 Å². The summed E-state index contributed by atoms with van der Waals surface area (Å²) in [6.45, 7) is 0.246. The molecule has 0 saturated heterocycles. The van der Waals surface area contributed by atoms with Crippen LogP contribution in [0.5, 0.6) is 5.75 Å². The van der Waals surface area contributed by atoms with Crippen LogP contribution < -0.4 is 15.2 Å². The third-order valence-corrected chi connectivity index (χ3v) is 4.34. The van der Waals surface area contributed by atoms with E-state index in [-0.39, 0.29) is 23.6 Å². The predicted molar refractivity (Wildman–Crippen MR) is 78.7 cm³/mol. The van der Waals surface area contributed by atoms with E-state index < -0.39 is 16.0 Å². The number of carboxylic acid groups (broad SMARTS) is 1. The zero-order chi connectivity index (χ0) is 15.9. The Balaban J connectivity index is 2.56. The van der Waals surface area contributed by atoms with Gasteiger partial charge in [0.25, 0.3) is 0 Å². The van der Waals surface area contributed by atoms with Gasteiger partial charge in [-0.3, -0.25) is 4.79 Å². The number of hydrogen-bond acceptors (Lipinski definition) is 5. The van der Waals surface area contributed by atoms with Crippen molar-refractivity contribution in [2.24, 2.45) is 0 Å². The number of carbonyl (C=O) groups is 1. The van der Waals surface area contributed by atoms with Crippen LogP contribution in [0, 0.1) is 0 Å². The minimum atomic E-state index is -3.67. The van der Waals surface area contributed by atoms with Crippen LogP contribution in [0.3, 0.4) is 0 Å². The van der Waals surface area contributed by atoms with Gasteiger partial charge in [0, 0.05) is 24.7 Å². The van der Waals surface area contributed by atoms with Crippen LogP contribution in [0.4, 0.5) is 5.69 Å². The van der Waals surface area contributed by atoms with Gasteiger partial charge in [0.15, 0.2) is 0 Å². The fraction of sp³-hybridized carbons (Fsp3) is 0.462. The van der Waals surface area contributed by atoms with E-state index in [1.807, 2.05) is 0 Å². The zero-order valence-corrected chi connectivity index (χ0v) is 12.6. The van der Waals surface area contributed by atoms with E-state index >= 15 is 0 Å². The maximum Gasteiger partial charge on any atom is 0.303 e. The Kier molecular flexibility index (Phi) is 6.44. The lowest BCUT2D eigenvalue weighted by atomic mass is 10.2. The number of methoxy groups -OCH3 is 1. The Morgan fingerprint density at radius 2 is 2.05 bits per heavy atom. The number of anilines is 1. The van der Waals surface area contributed by atoms with Crippen molar-refractivity contribution in [2.75, 3.05) is 19.4 Å². The van der Waals surface area contributed by atoms with Crippen LogP contribution in [0.25, 0.3) is 0 Å². The Hall–Kier alpha value is -1.80. The van der Waals surface area contributed by atoms with Gasteiger partial charge in [0.2, 0.25) is 10.0 Å². The maximum atomic E-state index is 12.1. The Morgan fingerprint density at radius 1 is 1.33 bits per heavy atom. The van der Waals surface area contributed by atoms with Crippen molar-refractivity contribution in [3.05, 3.63) is 18.2 Å². The second kappa shape index (κ2) is 7.84. The summed E-state index contributed by atoms with van der Waals surface area (Å²) in [5.41, 5.74) is 6.00. The van der Waals surface area contributed by atoms with E-state index in [1.54, 1.807) is 0 Å². The van der Waals surface area contributed by atoms with Crippen molar-refractivity contribution >= 4 is 21.7 Å². The van der Waals surface area contributed by atoms with E-state index in [9.17, 15) is 13.2 Å². The second-order valence-corrected chi connectivity index (χ2v) is 6.25. The summed E-state index contributed by atoms with van der Waals surface area (Å²) in [4.78, 5) is 10.4. The summed E-state index contributed by atoms with van der Waals surface area (Å²) >= 11 is 0. The largest absolute Gasteiger partial charge is 0.495 e. The number of carboxylic acids is 1. The monoisotopic (exact) mass is 316 g/mol. The summed E-state index contributed by atoms with van der Waals surface area (Å²) < 4.78 is 31.8. The van der Waals surface area contributed by atoms with Crippen LogP contribution in [-0.4, -0.2) is 33.1 Å². The molecular weight excluding hydrogens is 296 g/mol. The highest BCUT2D eigenvalue weighted by Crippen LogP contribution is 2.25. The molecule has 0 aliphatic carbocycles. The normalized spacial score (nSPS) is 11.3. The van der Waals surface area contributed by atoms with Crippen molar-refractivity contribution in [1.29, 1.82) is 0 Å². The number of nitrogens with one attached hydrogen (secondary N) is 1. The molecule has 1 rings (SSSR count). The first-order valence-electron chi connectivity index (χ1n) is 6.52. The molecule has 1 aromatic rings. The topological polar surface area (TPSA) is 119 Å². The van der Waals surface area contributed by atoms with Crippen LogP contribution in [0.2, 0.25) is 0 Å². The Morgan fingerprint density at radius 3 is 2.67 bits per heavy atom. The summed E-state index contributed by atoms with van der Waals surface area (Å²) in [6, 6.07) is 4.33. The van der Waals surface area contributed by atoms with Gasteiger partial charge < -0.3 is 15.6 Å². The molecule has 1 aromatic carbocycles. The standard InChI is InChI=1S/C13H20N2O5S/c1-20-11-9-10(14)6-7-12(11)21(18,19)15-8-4-2-3-5-13(16)17/h6-7,9,15H,2-5,8,14H2,1H3,(H,16,17). The molecule has 7 nitrogen and oxygen atoms in total. The van der Waals surface area contributed by atoms with Gasteiger partial charge in [0.1, 0.15) is 10.6 Å². The van der Waals surface area contributed by atoms with Crippen molar-refractivity contribution in [2.45, 2.75) is 30.6 Å². The molecule has 0 aliphatic heterocycles. The Bertz CT molecular complexity index is 586. The SMILES string of the molecule is COc1cc(N)ccc1S(=O)(=O)NCCCCCC(=O)O. The first-order chi connectivity index (χ1) is 9.86. The second-order valence-electron chi connectivity index (χ2n) is 4.51. The molecular formula is C13H20N2O5S. The van der Waals surface area contributed by atoms with Crippen LogP contribution in [0.1, 0.15) is 25.7 Å². The molecule has 0 aliphatic rings. The zero-order valence-electron chi connectivity index (χ0n) is 11.8. The maximum absolute atomic E-state index is 12.1. The first kappa shape index (κ1) is 17.3. The summed E-state index contributed by atoms with van der Waals surface area (Å²) in [5.74, 6) is -0.657. The number of aliphatic carboxylic acids is 1. The summed E-state index contributed by atoms with van der Waals surface area (Å²) in [5, 5.41) is 8.49. The number of nitrogen functional groups attached to an aromatic ring is 1. The number of nitrogens with two attached hydrogens (primary N) is 1. The van der Waals surface area contributed by atoms with Crippen LogP contribution in [-0.2, 0) is 14.8 Å². The lowest BCUT2D eigenvalue weighted by Gasteiger charge is -2.11. The molecule has 0 bridgehead atoms. The molecule has 0 saturated carbocycles. The van der Waals surface area contributed by atoms with Crippen LogP contribution in [0.15, 0.2) is 23.1 Å². The van der Waals surface area contributed by atoms with E-state index in [0.717, 1.165) is 0 Å². The first-order valence-corrected chi connectivity index (χ1v) is 8.00. The molecule has 0 atom stereocenters. The summed E-state index contributed by atoms with van der Waals surface area (Å²) in [7, 11) is -2.30. The number of unbranched alkanes of at least 4 members (excludes halogenated alkanes) is 2. The number of benzene rings is 1. The van der Waals surface area contributed by atoms with E-state index in [2.05, 4.69) is 4.72 Å². The lowest BCUT2D eigenvalue weighted by molar-refractivity contribution is -0.137. The molecule has 0 aromatic heterocycles. The Labute approximate surface area is 124 Å². The third kappa shape index (κ3) is 5.60. The van der Waals surface area contributed by atoms with E-state index in [1.165, 1.54) is 25.3 Å². The number of ether oxygens (including phenoxy) is 1. The predicted octanol–water partition coefficient (Wildman–Crippen LogP) is 1.20. The van der Waals surface area contributed by atoms with Gasteiger partial charge in [-0.15, -0.1) is 0 Å². The number of rotatable bonds is 9. The number of hydrogen-bond donors (Lipinski definition) is 3. The minimum Gasteiger partial charge on any atom is -0.495 e. The molecule has 0 unspecified atom stereocenters. The average Bonchev–Trinajstić information content (AvgIpc) is 2.41. The molecule has 4 N–H and O–H groups in total. The molecule has 118 valence electrons. The molecule has 0 fully saturated rings. The van der Waals surface area contributed by atoms with Crippen molar-refractivity contribution in [3.63, 3.8) is 0 Å². The molecule has 8 heteroatoms. The highest BCUT2D eigenvalue weighted by atomic mass is 32.2. The quantitative estimate of drug-likeness (QED) is 0.465. The van der Waals surface area contributed by atoms with Gasteiger partial charge in [-0.1, -0.05) is 6.42 Å². The molecule has 0 amide bonds. The molecule has 0 heterocycles. The smallest absolute Gasteiger partial charge is 0.303 e. The van der Waals surface area contributed by atoms with Gasteiger partial charge in [0.05, 0.1) is 7.11 Å². The fourth-order valence-electron chi connectivity index (χ4n) is 1.77. The van der Waals surface area contributed by atoms with Gasteiger partial charge >= 0.3 is 5.97 Å². The van der Waals surface area contributed by atoms with Gasteiger partial charge in [-0.2, -0.15) is 0 Å². The highest BCUT2D eigenvalue weighted by Gasteiger charge is 2.18. The number of sulfonamides is 1. The van der Waals surface area contributed by atoms with Crippen molar-refractivity contribution in [3.8, 4) is 5.75 Å². The van der Waals surface area contributed by atoms with Gasteiger partial charge in [-0.05, 0) is 25.0 Å². The fourth-order valence-corrected chi connectivity index (χ4v) is 2.99. The van der Waals surface area contributed by atoms with Crippen molar-refractivity contribution in [1.82, 2.24) is 4.72 Å². The molecule has 0 spiro atoms. The molecule has 21 heavy (non-hydrogen) atoms.